The van der Waals surface area contributed by atoms with E-state index < -0.39 is 0 Å². The van der Waals surface area contributed by atoms with E-state index in [0.29, 0.717) is 0 Å². The van der Waals surface area contributed by atoms with E-state index in [1.807, 2.05) is 0 Å². The minimum atomic E-state index is 0. The van der Waals surface area contributed by atoms with Crippen LogP contribution in [0.25, 0.3) is 0 Å². The molecular formula is C22H34Br2N2O. The molecule has 0 aromatic carbocycles. The van der Waals surface area contributed by atoms with Crippen LogP contribution in [0.2, 0.25) is 0 Å². The van der Waals surface area contributed by atoms with Gasteiger partial charge in [-0.3, -0.25) is 0 Å². The fourth-order valence-electron chi connectivity index (χ4n) is 2.65. The van der Waals surface area contributed by atoms with Crippen LogP contribution in [0, 0.1) is 0 Å². The molecule has 0 bridgehead atoms. The lowest BCUT2D eigenvalue weighted by Gasteiger charge is -2.17. The van der Waals surface area contributed by atoms with Gasteiger partial charge in [0.1, 0.15) is 13.2 Å². The zero-order valence-electron chi connectivity index (χ0n) is 17.5. The van der Waals surface area contributed by atoms with Gasteiger partial charge in [-0.2, -0.15) is 0 Å². The molecule has 0 N–H and O–H groups in total. The van der Waals surface area contributed by atoms with E-state index in [-0.39, 0.29) is 44.8 Å². The Bertz CT molecular complexity index is 597. The Morgan fingerprint density at radius 3 is 1.19 bits per heavy atom. The van der Waals surface area contributed by atoms with Crippen molar-refractivity contribution in [2.45, 2.75) is 65.5 Å². The van der Waals surface area contributed by atoms with Crippen molar-refractivity contribution in [1.29, 1.82) is 0 Å². The first-order valence-corrected chi connectivity index (χ1v) is 9.23. The largest absolute Gasteiger partial charge is 1.00 e. The third-order valence-electron chi connectivity index (χ3n) is 4.50. The van der Waals surface area contributed by atoms with E-state index in [1.165, 1.54) is 11.1 Å². The molecule has 0 amide bonds. The average molecular weight is 502 g/mol. The Morgan fingerprint density at radius 1 is 0.630 bits per heavy atom. The molecule has 0 radical (unpaired) electrons. The standard InChI is InChI=1S/C22H34N2O.2BrH/c1-21(2,3)19-7-11-23(12-8-19)15-17-25-18-16-24-13-9-20(10-14-24)22(4,5)6;;/h7-14H,15-18H2,1-6H3;2*1H/q+2;;/p-2. The van der Waals surface area contributed by atoms with Crippen LogP contribution in [0.5, 0.6) is 0 Å². The predicted octanol–water partition coefficient (Wildman–Crippen LogP) is -2.42. The summed E-state index contributed by atoms with van der Waals surface area (Å²) in [5.41, 5.74) is 3.13. The van der Waals surface area contributed by atoms with E-state index in [9.17, 15) is 0 Å². The summed E-state index contributed by atoms with van der Waals surface area (Å²) in [7, 11) is 0. The second-order valence-corrected chi connectivity index (χ2v) is 8.76. The molecule has 0 aliphatic heterocycles. The summed E-state index contributed by atoms with van der Waals surface area (Å²) in [4.78, 5) is 0. The smallest absolute Gasteiger partial charge is 0.171 e. The van der Waals surface area contributed by atoms with E-state index in [1.54, 1.807) is 0 Å². The van der Waals surface area contributed by atoms with Crippen LogP contribution >= 0.6 is 0 Å². The van der Waals surface area contributed by atoms with Gasteiger partial charge in [-0.05, 0) is 22.0 Å². The predicted molar refractivity (Wildman–Crippen MR) is 101 cm³/mol. The van der Waals surface area contributed by atoms with Crippen molar-refractivity contribution in [2.75, 3.05) is 13.2 Å². The minimum absolute atomic E-state index is 0. The van der Waals surface area contributed by atoms with Gasteiger partial charge in [-0.15, -0.1) is 0 Å². The van der Waals surface area contributed by atoms with Crippen LogP contribution in [0.1, 0.15) is 52.7 Å². The minimum Gasteiger partial charge on any atom is -1.00 e. The highest BCUT2D eigenvalue weighted by molar-refractivity contribution is 5.18. The van der Waals surface area contributed by atoms with Crippen molar-refractivity contribution < 1.29 is 47.8 Å². The molecule has 0 spiro atoms. The van der Waals surface area contributed by atoms with Gasteiger partial charge in [0.25, 0.3) is 0 Å². The number of hydrogen-bond acceptors (Lipinski definition) is 1. The second-order valence-electron chi connectivity index (χ2n) is 8.76. The number of ether oxygens (including phenoxy) is 1. The quantitative estimate of drug-likeness (QED) is 0.318. The van der Waals surface area contributed by atoms with Crippen molar-refractivity contribution in [3.05, 3.63) is 60.2 Å². The van der Waals surface area contributed by atoms with Gasteiger partial charge in [-0.1, -0.05) is 41.5 Å². The summed E-state index contributed by atoms with van der Waals surface area (Å²) in [6.07, 6.45) is 8.57. The number of halogens is 2. The number of hydrogen-bond donors (Lipinski definition) is 0. The fraction of sp³-hybridized carbons (Fsp3) is 0.545. The Kier molecular flexibility index (Phi) is 11.0. The number of pyridine rings is 2. The van der Waals surface area contributed by atoms with Gasteiger partial charge < -0.3 is 38.7 Å². The first-order valence-electron chi connectivity index (χ1n) is 9.23. The SMILES string of the molecule is CC(C)(C)c1cc[n+](CCOCC[n+]2ccc(C(C)(C)C)cc2)cc1.[Br-].[Br-]. The normalized spacial score (nSPS) is 11.5. The molecule has 0 fully saturated rings. The maximum absolute atomic E-state index is 5.79. The zero-order valence-corrected chi connectivity index (χ0v) is 20.7. The summed E-state index contributed by atoms with van der Waals surface area (Å²) in [5, 5.41) is 0. The summed E-state index contributed by atoms with van der Waals surface area (Å²) in [6.45, 7) is 16.7. The lowest BCUT2D eigenvalue weighted by atomic mass is 9.88. The molecule has 2 rings (SSSR count). The molecule has 0 saturated carbocycles. The topological polar surface area (TPSA) is 17.0 Å². The molecule has 152 valence electrons. The van der Waals surface area contributed by atoms with E-state index in [0.717, 1.165) is 26.3 Å². The highest BCUT2D eigenvalue weighted by Gasteiger charge is 2.15. The molecule has 0 atom stereocenters. The molecule has 2 heterocycles. The molecule has 0 unspecified atom stereocenters. The summed E-state index contributed by atoms with van der Waals surface area (Å²) in [6, 6.07) is 8.80. The van der Waals surface area contributed by atoms with Crippen molar-refractivity contribution in [3.8, 4) is 0 Å². The fourth-order valence-corrected chi connectivity index (χ4v) is 2.65. The molecular weight excluding hydrogens is 468 g/mol. The van der Waals surface area contributed by atoms with Crippen molar-refractivity contribution >= 4 is 0 Å². The molecule has 0 aliphatic rings. The van der Waals surface area contributed by atoms with Crippen LogP contribution in [0.15, 0.2) is 49.1 Å². The van der Waals surface area contributed by atoms with Gasteiger partial charge in [0.15, 0.2) is 37.9 Å². The van der Waals surface area contributed by atoms with Crippen LogP contribution in [-0.2, 0) is 28.7 Å². The third kappa shape index (κ3) is 8.84. The van der Waals surface area contributed by atoms with Crippen LogP contribution < -0.4 is 43.1 Å². The van der Waals surface area contributed by atoms with Gasteiger partial charge in [0, 0.05) is 24.3 Å². The highest BCUT2D eigenvalue weighted by atomic mass is 79.9. The van der Waals surface area contributed by atoms with Crippen molar-refractivity contribution in [3.63, 3.8) is 0 Å². The maximum atomic E-state index is 5.79. The lowest BCUT2D eigenvalue weighted by Crippen LogP contribution is -3.00. The van der Waals surface area contributed by atoms with E-state index >= 15 is 0 Å². The Labute approximate surface area is 186 Å². The van der Waals surface area contributed by atoms with Gasteiger partial charge in [-0.25, -0.2) is 9.13 Å². The molecule has 0 aliphatic carbocycles. The molecule has 5 heteroatoms. The van der Waals surface area contributed by atoms with Gasteiger partial charge in [0.05, 0.1) is 0 Å². The third-order valence-corrected chi connectivity index (χ3v) is 4.50. The lowest BCUT2D eigenvalue weighted by molar-refractivity contribution is -0.705. The second kappa shape index (κ2) is 11.3. The van der Waals surface area contributed by atoms with Crippen LogP contribution in [0.4, 0.5) is 0 Å². The van der Waals surface area contributed by atoms with Crippen LogP contribution in [-0.4, -0.2) is 13.2 Å². The first kappa shape index (κ1) is 26.2. The van der Waals surface area contributed by atoms with E-state index in [4.69, 9.17) is 4.74 Å². The molecule has 0 saturated heterocycles. The Hall–Kier alpha value is -0.780. The monoisotopic (exact) mass is 500 g/mol. The van der Waals surface area contributed by atoms with Gasteiger partial charge in [0.2, 0.25) is 0 Å². The molecule has 2 aromatic heterocycles. The highest BCUT2D eigenvalue weighted by Crippen LogP contribution is 2.20. The summed E-state index contributed by atoms with van der Waals surface area (Å²) < 4.78 is 10.2. The van der Waals surface area contributed by atoms with Crippen LogP contribution in [0.3, 0.4) is 0 Å². The Morgan fingerprint density at radius 2 is 0.926 bits per heavy atom. The Balaban J connectivity index is 0.00000338. The summed E-state index contributed by atoms with van der Waals surface area (Å²) in [5.74, 6) is 0. The molecule has 2 aromatic rings. The number of aromatic nitrogens is 2. The van der Waals surface area contributed by atoms with Crippen molar-refractivity contribution in [1.82, 2.24) is 0 Å². The average Bonchev–Trinajstić information content (AvgIpc) is 2.54. The molecule has 3 nitrogen and oxygen atoms in total. The zero-order chi connectivity index (χ0) is 18.5. The van der Waals surface area contributed by atoms with Gasteiger partial charge >= 0.3 is 0 Å². The summed E-state index contributed by atoms with van der Waals surface area (Å²) >= 11 is 0. The first-order chi connectivity index (χ1) is 11.7. The number of nitrogens with zero attached hydrogens (tertiary/aromatic N) is 2. The van der Waals surface area contributed by atoms with E-state index in [2.05, 4.69) is 99.7 Å². The molecule has 27 heavy (non-hydrogen) atoms. The number of rotatable bonds is 6. The maximum Gasteiger partial charge on any atom is 0.171 e. The van der Waals surface area contributed by atoms with Crippen molar-refractivity contribution in [2.24, 2.45) is 0 Å².